The number of carbonyl (C=O) groups is 1. The molecule has 0 spiro atoms. The first kappa shape index (κ1) is 18.6. The Bertz CT molecular complexity index is 1180. The third-order valence-corrected chi connectivity index (χ3v) is 4.80. The predicted octanol–water partition coefficient (Wildman–Crippen LogP) is 2.69. The number of nitrogens with zero attached hydrogens (tertiary/aromatic N) is 2. The molecule has 6 nitrogen and oxygen atoms in total. The van der Waals surface area contributed by atoms with E-state index in [1.807, 2.05) is 24.3 Å². The molecule has 3 aromatic rings. The Morgan fingerprint density at radius 2 is 1.97 bits per heavy atom. The van der Waals surface area contributed by atoms with E-state index in [4.69, 9.17) is 5.73 Å². The van der Waals surface area contributed by atoms with E-state index < -0.39 is 12.6 Å². The number of anilines is 1. The van der Waals surface area contributed by atoms with Gasteiger partial charge in [-0.2, -0.15) is 0 Å². The van der Waals surface area contributed by atoms with Crippen molar-refractivity contribution in [3.8, 4) is 11.1 Å². The second kappa shape index (κ2) is 7.71. The Morgan fingerprint density at radius 3 is 2.79 bits per heavy atom. The second-order valence-electron chi connectivity index (χ2n) is 6.84. The highest BCUT2D eigenvalue weighted by Crippen LogP contribution is 2.25. The Balaban J connectivity index is 1.61. The minimum Gasteiger partial charge on any atom is -0.383 e. The fraction of sp³-hybridized carbons (Fsp3) is 0.136. The number of alkyl halides is 1. The number of hydrogen-bond donors (Lipinski definition) is 2. The maximum Gasteiger partial charge on any atom is 0.255 e. The lowest BCUT2D eigenvalue weighted by atomic mass is 10.0. The van der Waals surface area contributed by atoms with E-state index in [1.165, 1.54) is 6.07 Å². The van der Waals surface area contributed by atoms with Crippen LogP contribution in [-0.4, -0.2) is 23.0 Å². The molecule has 0 saturated heterocycles. The minimum atomic E-state index is -1.08. The first-order valence-electron chi connectivity index (χ1n) is 9.12. The summed E-state index contributed by atoms with van der Waals surface area (Å²) in [5, 5.41) is 2.47. The number of aromatic nitrogens is 1. The summed E-state index contributed by atoms with van der Waals surface area (Å²) in [5.41, 5.74) is 10.9. The van der Waals surface area contributed by atoms with Crippen LogP contribution < -0.4 is 16.6 Å². The highest BCUT2D eigenvalue weighted by Gasteiger charge is 2.14. The van der Waals surface area contributed by atoms with Crippen LogP contribution >= 0.6 is 0 Å². The van der Waals surface area contributed by atoms with Crippen molar-refractivity contribution in [1.82, 2.24) is 4.57 Å². The Hall–Kier alpha value is -3.74. The monoisotopic (exact) mass is 390 g/mol. The first-order chi connectivity index (χ1) is 14.0. The van der Waals surface area contributed by atoms with Gasteiger partial charge in [-0.05, 0) is 46.5 Å². The van der Waals surface area contributed by atoms with Crippen LogP contribution in [0.1, 0.15) is 16.7 Å². The Kier molecular flexibility index (Phi) is 4.95. The van der Waals surface area contributed by atoms with Crippen LogP contribution in [0.3, 0.4) is 0 Å². The topological polar surface area (TPSA) is 89.5 Å². The van der Waals surface area contributed by atoms with Crippen molar-refractivity contribution >= 4 is 17.4 Å². The van der Waals surface area contributed by atoms with Gasteiger partial charge < -0.3 is 15.6 Å². The normalized spacial score (nSPS) is 12.4. The standard InChI is InChI=1S/C22H19FN4O2/c23-10-20(28)26-18-3-1-2-14(8-18)12-27-13-16(5-7-21(27)29)15-4-6-19-17(9-15)11-25-22(19)24/h1-9,13H,10-12H2,(H2,24,25)(H,26,28). The zero-order chi connectivity index (χ0) is 20.4. The summed E-state index contributed by atoms with van der Waals surface area (Å²) >= 11 is 0. The van der Waals surface area contributed by atoms with Crippen molar-refractivity contribution in [2.75, 3.05) is 12.0 Å². The van der Waals surface area contributed by atoms with Gasteiger partial charge in [-0.1, -0.05) is 24.3 Å². The van der Waals surface area contributed by atoms with E-state index in [0.29, 0.717) is 24.6 Å². The third-order valence-electron chi connectivity index (χ3n) is 4.80. The largest absolute Gasteiger partial charge is 0.383 e. The van der Waals surface area contributed by atoms with E-state index in [-0.39, 0.29) is 5.56 Å². The summed E-state index contributed by atoms with van der Waals surface area (Å²) < 4.78 is 14.0. The molecule has 0 saturated carbocycles. The molecule has 0 bridgehead atoms. The molecule has 2 heterocycles. The van der Waals surface area contributed by atoms with Crippen molar-refractivity contribution in [3.05, 3.63) is 87.8 Å². The fourth-order valence-electron chi connectivity index (χ4n) is 3.37. The van der Waals surface area contributed by atoms with Gasteiger partial charge in [-0.3, -0.25) is 14.6 Å². The maximum atomic E-state index is 12.4. The maximum absolute atomic E-state index is 12.4. The number of nitrogens with one attached hydrogen (secondary N) is 1. The second-order valence-corrected chi connectivity index (χ2v) is 6.84. The lowest BCUT2D eigenvalue weighted by molar-refractivity contribution is -0.117. The lowest BCUT2D eigenvalue weighted by Gasteiger charge is -2.11. The molecule has 0 fully saturated rings. The van der Waals surface area contributed by atoms with Gasteiger partial charge in [-0.15, -0.1) is 0 Å². The highest BCUT2D eigenvalue weighted by molar-refractivity contribution is 6.01. The smallest absolute Gasteiger partial charge is 0.255 e. The van der Waals surface area contributed by atoms with Crippen molar-refractivity contribution < 1.29 is 9.18 Å². The number of halogens is 1. The number of benzene rings is 2. The molecule has 0 unspecified atom stereocenters. The lowest BCUT2D eigenvalue weighted by Crippen LogP contribution is -2.19. The zero-order valence-electron chi connectivity index (χ0n) is 15.6. The van der Waals surface area contributed by atoms with Crippen molar-refractivity contribution in [2.24, 2.45) is 10.7 Å². The molecule has 1 aliphatic rings. The molecule has 29 heavy (non-hydrogen) atoms. The molecule has 1 amide bonds. The third kappa shape index (κ3) is 3.94. The van der Waals surface area contributed by atoms with Gasteiger partial charge in [0.2, 0.25) is 0 Å². The van der Waals surface area contributed by atoms with Crippen molar-refractivity contribution in [1.29, 1.82) is 0 Å². The molecule has 0 atom stereocenters. The molecule has 4 rings (SSSR count). The summed E-state index contributed by atoms with van der Waals surface area (Å²) in [6.45, 7) is -0.192. The summed E-state index contributed by atoms with van der Waals surface area (Å²) in [4.78, 5) is 27.9. The number of amidine groups is 1. The molecule has 0 aliphatic carbocycles. The molecule has 0 radical (unpaired) electrons. The number of pyridine rings is 1. The summed E-state index contributed by atoms with van der Waals surface area (Å²) in [6, 6.07) is 16.3. The van der Waals surface area contributed by atoms with Crippen molar-refractivity contribution in [3.63, 3.8) is 0 Å². The molecule has 1 aliphatic heterocycles. The number of fused-ring (bicyclic) bond motifs is 1. The van der Waals surface area contributed by atoms with Crippen LogP contribution in [0.2, 0.25) is 0 Å². The van der Waals surface area contributed by atoms with Gasteiger partial charge in [0.05, 0.1) is 13.1 Å². The fourth-order valence-corrected chi connectivity index (χ4v) is 3.37. The molecular weight excluding hydrogens is 371 g/mol. The van der Waals surface area contributed by atoms with Gasteiger partial charge in [0, 0.05) is 23.5 Å². The Morgan fingerprint density at radius 1 is 1.14 bits per heavy atom. The summed E-state index contributed by atoms with van der Waals surface area (Å²) in [7, 11) is 0. The summed E-state index contributed by atoms with van der Waals surface area (Å²) in [6.07, 6.45) is 1.80. The van der Waals surface area contributed by atoms with Gasteiger partial charge >= 0.3 is 0 Å². The zero-order valence-corrected chi connectivity index (χ0v) is 15.6. The molecule has 3 N–H and O–H groups in total. The highest BCUT2D eigenvalue weighted by atomic mass is 19.1. The van der Waals surface area contributed by atoms with Crippen LogP contribution in [0.4, 0.5) is 10.1 Å². The summed E-state index contributed by atoms with van der Waals surface area (Å²) in [5.74, 6) is -0.154. The molecule has 1 aromatic heterocycles. The van der Waals surface area contributed by atoms with Crippen molar-refractivity contribution in [2.45, 2.75) is 13.1 Å². The molecular formula is C22H19FN4O2. The van der Waals surface area contributed by atoms with E-state index >= 15 is 0 Å². The van der Waals surface area contributed by atoms with Crippen LogP contribution in [0, 0.1) is 0 Å². The van der Waals surface area contributed by atoms with Crippen LogP contribution in [0.5, 0.6) is 0 Å². The van der Waals surface area contributed by atoms with Crippen LogP contribution in [0.25, 0.3) is 11.1 Å². The first-order valence-corrected chi connectivity index (χ1v) is 9.12. The SMILES string of the molecule is NC1=NCc2cc(-c3ccc(=O)n(Cc4cccc(NC(=O)CF)c4)c3)ccc21. The van der Waals surface area contributed by atoms with Crippen LogP contribution in [0.15, 0.2) is 70.6 Å². The van der Waals surface area contributed by atoms with Gasteiger partial charge in [0.25, 0.3) is 11.5 Å². The van der Waals surface area contributed by atoms with Crippen LogP contribution in [-0.2, 0) is 17.9 Å². The van der Waals surface area contributed by atoms with Gasteiger partial charge in [0.1, 0.15) is 5.84 Å². The van der Waals surface area contributed by atoms with Gasteiger partial charge in [-0.25, -0.2) is 4.39 Å². The average Bonchev–Trinajstić information content (AvgIpc) is 3.10. The minimum absolute atomic E-state index is 0.138. The molecule has 2 aromatic carbocycles. The number of aliphatic imine (C=N–C) groups is 1. The quantitative estimate of drug-likeness (QED) is 0.702. The molecule has 146 valence electrons. The number of rotatable bonds is 5. The number of carbonyl (C=O) groups excluding carboxylic acids is 1. The van der Waals surface area contributed by atoms with E-state index in [2.05, 4.69) is 10.3 Å². The van der Waals surface area contributed by atoms with E-state index in [9.17, 15) is 14.0 Å². The Labute approximate surface area is 166 Å². The van der Waals surface area contributed by atoms with E-state index in [1.54, 1.807) is 35.0 Å². The number of amides is 1. The van der Waals surface area contributed by atoms with Gasteiger partial charge in [0.15, 0.2) is 6.67 Å². The predicted molar refractivity (Wildman–Crippen MR) is 111 cm³/mol. The average molecular weight is 390 g/mol. The van der Waals surface area contributed by atoms with E-state index in [0.717, 1.165) is 27.8 Å². The number of hydrogen-bond acceptors (Lipinski definition) is 4. The number of nitrogens with two attached hydrogens (primary N) is 1. The molecule has 7 heteroatoms.